The van der Waals surface area contributed by atoms with Crippen LogP contribution in [-0.4, -0.2) is 32.0 Å². The van der Waals surface area contributed by atoms with Gasteiger partial charge in [-0.1, -0.05) is 0 Å². The highest BCUT2D eigenvalue weighted by atomic mass is 16.1. The van der Waals surface area contributed by atoms with E-state index >= 15 is 0 Å². The number of hydrogen-bond acceptors (Lipinski definition) is 3. The van der Waals surface area contributed by atoms with E-state index in [2.05, 4.69) is 10.2 Å². The van der Waals surface area contributed by atoms with Crippen LogP contribution in [0.25, 0.3) is 0 Å². The lowest BCUT2D eigenvalue weighted by molar-refractivity contribution is 0.101. The SMILES string of the molecule is CC(=O)c1ccc(N2CCCNCC2)cc1. The Kier molecular flexibility index (Phi) is 3.57. The van der Waals surface area contributed by atoms with E-state index in [9.17, 15) is 4.79 Å². The van der Waals surface area contributed by atoms with Gasteiger partial charge in [0.25, 0.3) is 0 Å². The Morgan fingerprint density at radius 3 is 2.62 bits per heavy atom. The number of carbonyl (C=O) groups is 1. The average molecular weight is 218 g/mol. The Balaban J connectivity index is 2.10. The molecule has 1 aliphatic heterocycles. The van der Waals surface area contributed by atoms with E-state index in [0.29, 0.717) is 0 Å². The Hall–Kier alpha value is -1.35. The van der Waals surface area contributed by atoms with Crippen LogP contribution in [0.3, 0.4) is 0 Å². The molecule has 1 aromatic rings. The van der Waals surface area contributed by atoms with Crippen LogP contribution in [-0.2, 0) is 0 Å². The minimum Gasteiger partial charge on any atom is -0.370 e. The number of ketones is 1. The minimum atomic E-state index is 0.129. The lowest BCUT2D eigenvalue weighted by Crippen LogP contribution is -2.27. The van der Waals surface area contributed by atoms with Gasteiger partial charge in [-0.15, -0.1) is 0 Å². The van der Waals surface area contributed by atoms with E-state index < -0.39 is 0 Å². The molecule has 3 heteroatoms. The third-order valence-corrected chi connectivity index (χ3v) is 2.98. The number of benzene rings is 1. The summed E-state index contributed by atoms with van der Waals surface area (Å²) in [7, 11) is 0. The molecule has 0 aromatic heterocycles. The van der Waals surface area contributed by atoms with Gasteiger partial charge in [0.15, 0.2) is 5.78 Å². The van der Waals surface area contributed by atoms with Crippen LogP contribution in [0.5, 0.6) is 0 Å². The highest BCUT2D eigenvalue weighted by Crippen LogP contribution is 2.16. The number of anilines is 1. The highest BCUT2D eigenvalue weighted by molar-refractivity contribution is 5.94. The molecule has 1 heterocycles. The van der Waals surface area contributed by atoms with Crippen molar-refractivity contribution in [1.82, 2.24) is 5.32 Å². The lowest BCUT2D eigenvalue weighted by Gasteiger charge is -2.22. The number of rotatable bonds is 2. The quantitative estimate of drug-likeness (QED) is 0.767. The molecule has 0 aliphatic carbocycles. The van der Waals surface area contributed by atoms with E-state index in [1.165, 1.54) is 12.1 Å². The molecule has 0 radical (unpaired) electrons. The summed E-state index contributed by atoms with van der Waals surface area (Å²) in [6, 6.07) is 7.91. The van der Waals surface area contributed by atoms with Crippen molar-refractivity contribution in [2.45, 2.75) is 13.3 Å². The predicted molar refractivity (Wildman–Crippen MR) is 66.1 cm³/mol. The third kappa shape index (κ3) is 2.61. The zero-order valence-corrected chi connectivity index (χ0v) is 9.70. The maximum atomic E-state index is 11.2. The van der Waals surface area contributed by atoms with Gasteiger partial charge in [-0.3, -0.25) is 4.79 Å². The number of Topliss-reactive ketones (excluding diaryl/α,β-unsaturated/α-hetero) is 1. The molecule has 0 bridgehead atoms. The predicted octanol–water partition coefficient (Wildman–Crippen LogP) is 1.69. The second-order valence-corrected chi connectivity index (χ2v) is 4.19. The first kappa shape index (κ1) is 11.1. The van der Waals surface area contributed by atoms with Gasteiger partial charge in [-0.2, -0.15) is 0 Å². The largest absolute Gasteiger partial charge is 0.370 e. The van der Waals surface area contributed by atoms with Gasteiger partial charge in [0.2, 0.25) is 0 Å². The zero-order valence-electron chi connectivity index (χ0n) is 9.70. The van der Waals surface area contributed by atoms with Crippen molar-refractivity contribution in [1.29, 1.82) is 0 Å². The van der Waals surface area contributed by atoms with Gasteiger partial charge in [-0.25, -0.2) is 0 Å². The van der Waals surface area contributed by atoms with Gasteiger partial charge in [-0.05, 0) is 44.2 Å². The molecular weight excluding hydrogens is 200 g/mol. The molecule has 3 nitrogen and oxygen atoms in total. The molecule has 0 spiro atoms. The molecular formula is C13H18N2O. The summed E-state index contributed by atoms with van der Waals surface area (Å²) in [6.07, 6.45) is 1.18. The third-order valence-electron chi connectivity index (χ3n) is 2.98. The summed E-state index contributed by atoms with van der Waals surface area (Å²) in [4.78, 5) is 13.5. The summed E-state index contributed by atoms with van der Waals surface area (Å²) in [5, 5.41) is 3.38. The Bertz CT molecular complexity index is 351. The number of hydrogen-bond donors (Lipinski definition) is 1. The molecule has 16 heavy (non-hydrogen) atoms. The molecule has 1 saturated heterocycles. The molecule has 0 atom stereocenters. The van der Waals surface area contributed by atoms with Crippen LogP contribution >= 0.6 is 0 Å². The molecule has 0 saturated carbocycles. The summed E-state index contributed by atoms with van der Waals surface area (Å²) in [6.45, 7) is 5.87. The minimum absolute atomic E-state index is 0.129. The monoisotopic (exact) mass is 218 g/mol. The van der Waals surface area contributed by atoms with Crippen LogP contribution in [0.2, 0.25) is 0 Å². The smallest absolute Gasteiger partial charge is 0.159 e. The number of nitrogens with zero attached hydrogens (tertiary/aromatic N) is 1. The Morgan fingerprint density at radius 2 is 1.94 bits per heavy atom. The van der Waals surface area contributed by atoms with Crippen molar-refractivity contribution >= 4 is 11.5 Å². The molecule has 1 aliphatic rings. The number of nitrogens with one attached hydrogen (secondary N) is 1. The van der Waals surface area contributed by atoms with E-state index in [4.69, 9.17) is 0 Å². The van der Waals surface area contributed by atoms with E-state index in [-0.39, 0.29) is 5.78 Å². The summed E-state index contributed by atoms with van der Waals surface area (Å²) in [5.74, 6) is 0.129. The maximum Gasteiger partial charge on any atom is 0.159 e. The first-order chi connectivity index (χ1) is 7.77. The zero-order chi connectivity index (χ0) is 11.4. The standard InChI is InChI=1S/C13H18N2O/c1-11(16)12-3-5-13(6-4-12)15-9-2-7-14-8-10-15/h3-6,14H,2,7-10H2,1H3. The van der Waals surface area contributed by atoms with Gasteiger partial charge in [0.05, 0.1) is 0 Å². The Labute approximate surface area is 96.5 Å². The van der Waals surface area contributed by atoms with Crippen molar-refractivity contribution in [2.24, 2.45) is 0 Å². The second kappa shape index (κ2) is 5.12. The van der Waals surface area contributed by atoms with Gasteiger partial charge in [0, 0.05) is 30.9 Å². The van der Waals surface area contributed by atoms with Crippen LogP contribution in [0.1, 0.15) is 23.7 Å². The van der Waals surface area contributed by atoms with E-state index in [1.807, 2.05) is 24.3 Å². The molecule has 2 rings (SSSR count). The van der Waals surface area contributed by atoms with Crippen molar-refractivity contribution in [3.63, 3.8) is 0 Å². The fraction of sp³-hybridized carbons (Fsp3) is 0.462. The first-order valence-corrected chi connectivity index (χ1v) is 5.84. The lowest BCUT2D eigenvalue weighted by atomic mass is 10.1. The normalized spacial score (nSPS) is 16.9. The maximum absolute atomic E-state index is 11.2. The summed E-state index contributed by atoms with van der Waals surface area (Å²) >= 11 is 0. The first-order valence-electron chi connectivity index (χ1n) is 5.84. The van der Waals surface area contributed by atoms with E-state index in [1.54, 1.807) is 6.92 Å². The fourth-order valence-corrected chi connectivity index (χ4v) is 2.01. The van der Waals surface area contributed by atoms with Crippen LogP contribution in [0.15, 0.2) is 24.3 Å². The fourth-order valence-electron chi connectivity index (χ4n) is 2.01. The van der Waals surface area contributed by atoms with Crippen molar-refractivity contribution in [3.8, 4) is 0 Å². The van der Waals surface area contributed by atoms with Crippen molar-refractivity contribution in [3.05, 3.63) is 29.8 Å². The number of carbonyl (C=O) groups excluding carboxylic acids is 1. The summed E-state index contributed by atoms with van der Waals surface area (Å²) < 4.78 is 0. The van der Waals surface area contributed by atoms with Gasteiger partial charge in [0.1, 0.15) is 0 Å². The van der Waals surface area contributed by atoms with Crippen LogP contribution in [0.4, 0.5) is 5.69 Å². The highest BCUT2D eigenvalue weighted by Gasteiger charge is 2.09. The molecule has 1 aromatic carbocycles. The van der Waals surface area contributed by atoms with Gasteiger partial charge >= 0.3 is 0 Å². The molecule has 1 N–H and O–H groups in total. The van der Waals surface area contributed by atoms with E-state index in [0.717, 1.165) is 31.7 Å². The van der Waals surface area contributed by atoms with Gasteiger partial charge < -0.3 is 10.2 Å². The van der Waals surface area contributed by atoms with Crippen molar-refractivity contribution < 1.29 is 4.79 Å². The van der Waals surface area contributed by atoms with Crippen LogP contribution < -0.4 is 10.2 Å². The van der Waals surface area contributed by atoms with Crippen molar-refractivity contribution in [2.75, 3.05) is 31.1 Å². The van der Waals surface area contributed by atoms with Crippen LogP contribution in [0, 0.1) is 0 Å². The molecule has 0 unspecified atom stereocenters. The second-order valence-electron chi connectivity index (χ2n) is 4.19. The molecule has 86 valence electrons. The molecule has 0 amide bonds. The molecule has 1 fully saturated rings. The Morgan fingerprint density at radius 1 is 1.19 bits per heavy atom. The topological polar surface area (TPSA) is 32.3 Å². The summed E-state index contributed by atoms with van der Waals surface area (Å²) in [5.41, 5.74) is 2.00. The average Bonchev–Trinajstić information content (AvgIpc) is 2.57.